The number of halogens is 1. The first-order valence-electron chi connectivity index (χ1n) is 9.21. The monoisotopic (exact) mass is 372 g/mol. The van der Waals surface area contributed by atoms with E-state index in [1.807, 2.05) is 30.3 Å². The van der Waals surface area contributed by atoms with Crippen molar-refractivity contribution in [1.29, 1.82) is 0 Å². The zero-order valence-electron chi connectivity index (χ0n) is 14.8. The molecule has 0 bridgehead atoms. The van der Waals surface area contributed by atoms with E-state index in [1.54, 1.807) is 6.20 Å². The van der Waals surface area contributed by atoms with Gasteiger partial charge < -0.3 is 10.6 Å². The highest BCUT2D eigenvalue weighted by Gasteiger charge is 2.15. The zero-order chi connectivity index (χ0) is 18.2. The minimum Gasteiger partial charge on any atom is -0.383 e. The molecule has 1 heterocycles. The molecule has 0 saturated heterocycles. The van der Waals surface area contributed by atoms with Crippen molar-refractivity contribution in [3.8, 4) is 0 Å². The van der Waals surface area contributed by atoms with E-state index >= 15 is 0 Å². The molecule has 0 unspecified atom stereocenters. The van der Waals surface area contributed by atoms with Crippen LogP contribution in [0, 0.1) is 0 Å². The van der Waals surface area contributed by atoms with Crippen LogP contribution in [-0.2, 0) is 6.42 Å². The van der Waals surface area contributed by atoms with Crippen molar-refractivity contribution < 1.29 is 4.79 Å². The van der Waals surface area contributed by atoms with Crippen LogP contribution in [0.25, 0.3) is 0 Å². The van der Waals surface area contributed by atoms with Gasteiger partial charge in [-0.2, -0.15) is 0 Å². The first-order valence-corrected chi connectivity index (χ1v) is 9.59. The van der Waals surface area contributed by atoms with Crippen LogP contribution in [0.5, 0.6) is 0 Å². The van der Waals surface area contributed by atoms with Gasteiger partial charge in [-0.15, -0.1) is 0 Å². The molecule has 6 heteroatoms. The van der Waals surface area contributed by atoms with E-state index in [1.165, 1.54) is 24.8 Å². The highest BCUT2D eigenvalue weighted by molar-refractivity contribution is 6.30. The van der Waals surface area contributed by atoms with Crippen molar-refractivity contribution in [3.05, 3.63) is 53.2 Å². The second kappa shape index (κ2) is 9.43. The summed E-state index contributed by atoms with van der Waals surface area (Å²) in [5, 5.41) is 9.90. The summed E-state index contributed by atoms with van der Waals surface area (Å²) in [4.78, 5) is 16.3. The van der Waals surface area contributed by atoms with E-state index < -0.39 is 0 Å². The number of pyridine rings is 1. The van der Waals surface area contributed by atoms with Gasteiger partial charge in [0.2, 0.25) is 0 Å². The normalized spacial score (nSPS) is 14.7. The van der Waals surface area contributed by atoms with Crippen molar-refractivity contribution >= 4 is 29.1 Å². The van der Waals surface area contributed by atoms with Gasteiger partial charge >= 0.3 is 6.03 Å². The van der Waals surface area contributed by atoms with Gasteiger partial charge in [-0.1, -0.05) is 43.0 Å². The van der Waals surface area contributed by atoms with Gasteiger partial charge in [0.15, 0.2) is 0 Å². The Morgan fingerprint density at radius 3 is 2.73 bits per heavy atom. The number of nitrogens with one attached hydrogen (secondary N) is 3. The van der Waals surface area contributed by atoms with Crippen molar-refractivity contribution in [2.24, 2.45) is 0 Å². The molecule has 1 aromatic heterocycles. The highest BCUT2D eigenvalue weighted by atomic mass is 35.5. The summed E-state index contributed by atoms with van der Waals surface area (Å²) in [5.74, 6) is 0.554. The summed E-state index contributed by atoms with van der Waals surface area (Å²) >= 11 is 5.99. The van der Waals surface area contributed by atoms with Crippen molar-refractivity contribution in [1.82, 2.24) is 10.3 Å². The van der Waals surface area contributed by atoms with Crippen molar-refractivity contribution in [3.63, 3.8) is 0 Å². The maximum Gasteiger partial charge on any atom is 0.320 e. The molecular weight excluding hydrogens is 348 g/mol. The Morgan fingerprint density at radius 1 is 1.15 bits per heavy atom. The maximum atomic E-state index is 12.0. The number of hydrogen-bond acceptors (Lipinski definition) is 3. The summed E-state index contributed by atoms with van der Waals surface area (Å²) in [6, 6.07) is 11.7. The van der Waals surface area contributed by atoms with Gasteiger partial charge in [-0.05, 0) is 49.1 Å². The Balaban J connectivity index is 1.42. The number of carbonyl (C=O) groups excluding carboxylic acids is 1. The van der Waals surface area contributed by atoms with Gasteiger partial charge in [0.1, 0.15) is 5.82 Å². The summed E-state index contributed by atoms with van der Waals surface area (Å²) in [6.45, 7) is 0.789. The maximum absolute atomic E-state index is 12.0. The van der Waals surface area contributed by atoms with E-state index in [2.05, 4.69) is 27.0 Å². The number of nitrogens with zero attached hydrogens (tertiary/aromatic N) is 1. The van der Waals surface area contributed by atoms with E-state index in [9.17, 15) is 4.79 Å². The first kappa shape index (κ1) is 18.5. The summed E-state index contributed by atoms with van der Waals surface area (Å²) < 4.78 is 0. The van der Waals surface area contributed by atoms with Crippen molar-refractivity contribution in [2.75, 3.05) is 17.2 Å². The third-order valence-electron chi connectivity index (χ3n) is 4.58. The Bertz CT molecular complexity index is 714. The second-order valence-corrected chi connectivity index (χ2v) is 7.11. The number of aromatic nitrogens is 1. The van der Waals surface area contributed by atoms with Gasteiger partial charge in [-0.25, -0.2) is 9.78 Å². The minimum absolute atomic E-state index is 0.175. The third-order valence-corrected chi connectivity index (χ3v) is 4.81. The largest absolute Gasteiger partial charge is 0.383 e. The Morgan fingerprint density at radius 2 is 2.00 bits per heavy atom. The van der Waals surface area contributed by atoms with Gasteiger partial charge in [0.25, 0.3) is 0 Å². The number of urea groups is 1. The van der Waals surface area contributed by atoms with Crippen LogP contribution in [0.3, 0.4) is 0 Å². The van der Waals surface area contributed by atoms with Crippen LogP contribution in [0.4, 0.5) is 16.3 Å². The first-order chi connectivity index (χ1) is 12.7. The van der Waals surface area contributed by atoms with Gasteiger partial charge in [0.05, 0.1) is 11.9 Å². The van der Waals surface area contributed by atoms with Crippen LogP contribution in [0.1, 0.15) is 37.7 Å². The predicted octanol–water partition coefficient (Wildman–Crippen LogP) is 4.84. The molecule has 1 aliphatic rings. The lowest BCUT2D eigenvalue weighted by atomic mass is 9.96. The summed E-state index contributed by atoms with van der Waals surface area (Å²) in [6.07, 6.45) is 8.40. The molecule has 2 amide bonds. The number of amides is 2. The van der Waals surface area contributed by atoms with Gasteiger partial charge in [0, 0.05) is 17.6 Å². The summed E-state index contributed by atoms with van der Waals surface area (Å²) in [5.41, 5.74) is 2.11. The summed E-state index contributed by atoms with van der Waals surface area (Å²) in [7, 11) is 0. The molecule has 2 aromatic rings. The predicted molar refractivity (Wildman–Crippen MR) is 107 cm³/mol. The molecule has 1 aliphatic carbocycles. The highest BCUT2D eigenvalue weighted by Crippen LogP contribution is 2.17. The van der Waals surface area contributed by atoms with Crippen LogP contribution in [0.2, 0.25) is 5.02 Å². The molecule has 0 radical (unpaired) electrons. The molecule has 3 N–H and O–H groups in total. The molecule has 0 spiro atoms. The van der Waals surface area contributed by atoms with Crippen LogP contribution < -0.4 is 16.0 Å². The average molecular weight is 373 g/mol. The number of carbonyl (C=O) groups is 1. The zero-order valence-corrected chi connectivity index (χ0v) is 15.6. The number of rotatable bonds is 6. The van der Waals surface area contributed by atoms with Crippen LogP contribution in [-0.4, -0.2) is 23.6 Å². The van der Waals surface area contributed by atoms with E-state index in [4.69, 9.17) is 11.6 Å². The molecule has 1 fully saturated rings. The fourth-order valence-corrected chi connectivity index (χ4v) is 3.41. The molecule has 1 saturated carbocycles. The van der Waals surface area contributed by atoms with E-state index in [-0.39, 0.29) is 12.1 Å². The third kappa shape index (κ3) is 5.92. The van der Waals surface area contributed by atoms with Crippen LogP contribution in [0.15, 0.2) is 42.6 Å². The second-order valence-electron chi connectivity index (χ2n) is 6.67. The number of anilines is 2. The van der Waals surface area contributed by atoms with Crippen molar-refractivity contribution in [2.45, 2.75) is 44.6 Å². The Hall–Kier alpha value is -2.27. The molecule has 1 aromatic carbocycles. The Labute approximate surface area is 159 Å². The standard InChI is InChI=1S/C20H25ClN4O/c21-16-6-4-5-15(13-16)11-12-22-18-9-10-19(23-14-18)25-20(26)24-17-7-2-1-3-8-17/h4-6,9-10,13-14,17,22H,1-3,7-8,11-12H2,(H2,23,24,25,26). The molecular formula is C20H25ClN4O. The number of hydrogen-bond donors (Lipinski definition) is 3. The lowest BCUT2D eigenvalue weighted by Crippen LogP contribution is -2.39. The fourth-order valence-electron chi connectivity index (χ4n) is 3.20. The molecule has 0 aliphatic heterocycles. The van der Waals surface area contributed by atoms with E-state index in [0.29, 0.717) is 5.82 Å². The fraction of sp³-hybridized carbons (Fsp3) is 0.400. The van der Waals surface area contributed by atoms with Crippen LogP contribution >= 0.6 is 11.6 Å². The Kier molecular flexibility index (Phi) is 6.72. The lowest BCUT2D eigenvalue weighted by molar-refractivity contribution is 0.244. The molecule has 26 heavy (non-hydrogen) atoms. The van der Waals surface area contributed by atoms with E-state index in [0.717, 1.165) is 36.5 Å². The quantitative estimate of drug-likeness (QED) is 0.679. The average Bonchev–Trinajstić information content (AvgIpc) is 2.64. The SMILES string of the molecule is O=C(Nc1ccc(NCCc2cccc(Cl)c2)cn1)NC1CCCCC1. The smallest absolute Gasteiger partial charge is 0.320 e. The lowest BCUT2D eigenvalue weighted by Gasteiger charge is -2.22. The molecule has 138 valence electrons. The molecule has 3 rings (SSSR count). The molecule has 5 nitrogen and oxygen atoms in total. The topological polar surface area (TPSA) is 66.0 Å². The van der Waals surface area contributed by atoms with Gasteiger partial charge in [-0.3, -0.25) is 5.32 Å². The minimum atomic E-state index is -0.175. The number of benzene rings is 1. The molecule has 0 atom stereocenters.